The molecule has 0 radical (unpaired) electrons. The monoisotopic (exact) mass is 353 g/mol. The number of benzene rings is 1. The third-order valence-corrected chi connectivity index (χ3v) is 3.93. The number of carboxylic acids is 1. The van der Waals surface area contributed by atoms with Crippen molar-refractivity contribution < 1.29 is 19.6 Å². The molecule has 1 heterocycles. The van der Waals surface area contributed by atoms with Gasteiger partial charge in [0, 0.05) is 16.5 Å². The molecule has 1 aromatic heterocycles. The van der Waals surface area contributed by atoms with Gasteiger partial charge in [0.1, 0.15) is 9.90 Å². The molecule has 2 aromatic rings. The lowest BCUT2D eigenvalue weighted by molar-refractivity contribution is -0.384. The summed E-state index contributed by atoms with van der Waals surface area (Å²) in [7, 11) is 0. The Morgan fingerprint density at radius 1 is 1.35 bits per heavy atom. The third-order valence-electron chi connectivity index (χ3n) is 2.60. The van der Waals surface area contributed by atoms with E-state index in [4.69, 9.17) is 16.7 Å². The summed E-state index contributed by atoms with van der Waals surface area (Å²) in [5.74, 6) is -1.71. The van der Waals surface area contributed by atoms with E-state index in [-0.39, 0.29) is 21.2 Å². The van der Waals surface area contributed by atoms with Gasteiger partial charge in [0.25, 0.3) is 11.6 Å². The SMILES string of the molecule is O=C(NN=Cc1ccc(C(=O)O)s1)c1ccc(Cl)c([N+](=O)[O-])c1. The van der Waals surface area contributed by atoms with Crippen LogP contribution < -0.4 is 5.43 Å². The van der Waals surface area contributed by atoms with Crippen molar-refractivity contribution in [1.82, 2.24) is 5.43 Å². The largest absolute Gasteiger partial charge is 0.477 e. The number of hydrogen-bond acceptors (Lipinski definition) is 6. The number of carbonyl (C=O) groups excluding carboxylic acids is 1. The van der Waals surface area contributed by atoms with Gasteiger partial charge in [-0.1, -0.05) is 11.6 Å². The average Bonchev–Trinajstić information content (AvgIpc) is 2.96. The smallest absolute Gasteiger partial charge is 0.345 e. The molecule has 0 aliphatic carbocycles. The fourth-order valence-electron chi connectivity index (χ4n) is 1.55. The van der Waals surface area contributed by atoms with E-state index in [0.717, 1.165) is 17.4 Å². The lowest BCUT2D eigenvalue weighted by Crippen LogP contribution is -2.17. The summed E-state index contributed by atoms with van der Waals surface area (Å²) in [5.41, 5.74) is 1.84. The first-order chi connectivity index (χ1) is 10.9. The summed E-state index contributed by atoms with van der Waals surface area (Å²) in [6.45, 7) is 0. The highest BCUT2D eigenvalue weighted by molar-refractivity contribution is 7.15. The van der Waals surface area contributed by atoms with Gasteiger partial charge < -0.3 is 5.11 Å². The van der Waals surface area contributed by atoms with Crippen molar-refractivity contribution in [3.63, 3.8) is 0 Å². The molecule has 0 saturated carbocycles. The maximum Gasteiger partial charge on any atom is 0.345 e. The molecule has 1 aromatic carbocycles. The second-order valence-corrected chi connectivity index (χ2v) is 5.65. The molecule has 2 rings (SSSR count). The average molecular weight is 354 g/mol. The van der Waals surface area contributed by atoms with Gasteiger partial charge in [0.05, 0.1) is 11.1 Å². The number of halogens is 1. The molecular formula is C13H8ClN3O5S. The molecule has 0 saturated heterocycles. The van der Waals surface area contributed by atoms with Crippen molar-refractivity contribution in [1.29, 1.82) is 0 Å². The summed E-state index contributed by atoms with van der Waals surface area (Å²) in [6, 6.07) is 6.57. The van der Waals surface area contributed by atoms with E-state index in [1.165, 1.54) is 30.5 Å². The van der Waals surface area contributed by atoms with Crippen LogP contribution in [0.5, 0.6) is 0 Å². The molecule has 0 spiro atoms. The molecule has 0 fully saturated rings. The van der Waals surface area contributed by atoms with E-state index in [1.807, 2.05) is 0 Å². The number of hydrazone groups is 1. The van der Waals surface area contributed by atoms with Crippen molar-refractivity contribution in [3.8, 4) is 0 Å². The Morgan fingerprint density at radius 2 is 2.09 bits per heavy atom. The Labute approximate surface area is 138 Å². The first-order valence-electron chi connectivity index (χ1n) is 5.99. The number of nitrogens with one attached hydrogen (secondary N) is 1. The first-order valence-corrected chi connectivity index (χ1v) is 7.18. The van der Waals surface area contributed by atoms with Crippen LogP contribution in [0.1, 0.15) is 24.9 Å². The predicted octanol–water partition coefficient (Wildman–Crippen LogP) is 2.77. The van der Waals surface area contributed by atoms with Crippen molar-refractivity contribution in [2.24, 2.45) is 5.10 Å². The Morgan fingerprint density at radius 3 is 2.70 bits per heavy atom. The lowest BCUT2D eigenvalue weighted by atomic mass is 10.2. The Kier molecular flexibility index (Phi) is 5.04. The van der Waals surface area contributed by atoms with E-state index < -0.39 is 16.8 Å². The van der Waals surface area contributed by atoms with Gasteiger partial charge >= 0.3 is 5.97 Å². The molecule has 0 bridgehead atoms. The Bertz CT molecular complexity index is 818. The van der Waals surface area contributed by atoms with Gasteiger partial charge in [-0.25, -0.2) is 10.2 Å². The maximum atomic E-state index is 11.9. The van der Waals surface area contributed by atoms with Crippen molar-refractivity contribution in [2.75, 3.05) is 0 Å². The molecule has 2 N–H and O–H groups in total. The summed E-state index contributed by atoms with van der Waals surface area (Å²) in [6.07, 6.45) is 1.28. The van der Waals surface area contributed by atoms with E-state index in [2.05, 4.69) is 10.5 Å². The molecular weight excluding hydrogens is 346 g/mol. The molecule has 0 aliphatic heterocycles. The second-order valence-electron chi connectivity index (χ2n) is 4.13. The number of nitrogens with zero attached hydrogens (tertiary/aromatic N) is 2. The van der Waals surface area contributed by atoms with Crippen LogP contribution in [0.2, 0.25) is 5.02 Å². The summed E-state index contributed by atoms with van der Waals surface area (Å²) >= 11 is 6.65. The molecule has 0 unspecified atom stereocenters. The number of hydrogen-bond donors (Lipinski definition) is 2. The quantitative estimate of drug-likeness (QED) is 0.486. The summed E-state index contributed by atoms with van der Waals surface area (Å²) in [5, 5.41) is 23.2. The Balaban J connectivity index is 2.07. The van der Waals surface area contributed by atoms with Crippen LogP contribution in [0.4, 0.5) is 5.69 Å². The van der Waals surface area contributed by atoms with Gasteiger partial charge in [0.15, 0.2) is 0 Å². The number of carboxylic acid groups (broad SMARTS) is 1. The minimum absolute atomic E-state index is 0.0238. The van der Waals surface area contributed by atoms with Crippen LogP contribution in [-0.4, -0.2) is 28.1 Å². The van der Waals surface area contributed by atoms with E-state index in [0.29, 0.717) is 4.88 Å². The van der Waals surface area contributed by atoms with Gasteiger partial charge in [-0.05, 0) is 24.3 Å². The third kappa shape index (κ3) is 4.11. The number of rotatable bonds is 5. The molecule has 8 nitrogen and oxygen atoms in total. The molecule has 23 heavy (non-hydrogen) atoms. The van der Waals surface area contributed by atoms with E-state index in [1.54, 1.807) is 0 Å². The number of carbonyl (C=O) groups is 2. The van der Waals surface area contributed by atoms with Crippen LogP contribution in [0.3, 0.4) is 0 Å². The highest BCUT2D eigenvalue weighted by atomic mass is 35.5. The van der Waals surface area contributed by atoms with Crippen molar-refractivity contribution in [2.45, 2.75) is 0 Å². The zero-order valence-electron chi connectivity index (χ0n) is 11.2. The number of thiophene rings is 1. The topological polar surface area (TPSA) is 122 Å². The molecule has 0 aliphatic rings. The number of nitro benzene ring substituents is 1. The fourth-order valence-corrected chi connectivity index (χ4v) is 2.46. The number of nitro groups is 1. The highest BCUT2D eigenvalue weighted by Gasteiger charge is 2.16. The van der Waals surface area contributed by atoms with Crippen molar-refractivity contribution in [3.05, 3.63) is 60.8 Å². The Hall–Kier alpha value is -2.78. The number of amides is 1. The van der Waals surface area contributed by atoms with Gasteiger partial charge in [-0.2, -0.15) is 5.10 Å². The molecule has 10 heteroatoms. The van der Waals surface area contributed by atoms with E-state index in [9.17, 15) is 19.7 Å². The molecule has 0 atom stereocenters. The van der Waals surface area contributed by atoms with E-state index >= 15 is 0 Å². The minimum Gasteiger partial charge on any atom is -0.477 e. The van der Waals surface area contributed by atoms with Gasteiger partial charge in [-0.3, -0.25) is 14.9 Å². The van der Waals surface area contributed by atoms with Gasteiger partial charge in [0.2, 0.25) is 0 Å². The fraction of sp³-hybridized carbons (Fsp3) is 0. The zero-order valence-corrected chi connectivity index (χ0v) is 12.8. The normalized spacial score (nSPS) is 10.7. The molecule has 1 amide bonds. The summed E-state index contributed by atoms with van der Waals surface area (Å²) < 4.78 is 0. The van der Waals surface area contributed by atoms with Crippen LogP contribution >= 0.6 is 22.9 Å². The van der Waals surface area contributed by atoms with Crippen LogP contribution in [0.25, 0.3) is 0 Å². The van der Waals surface area contributed by atoms with Crippen LogP contribution in [0, 0.1) is 10.1 Å². The van der Waals surface area contributed by atoms with Crippen LogP contribution in [-0.2, 0) is 0 Å². The molecule has 118 valence electrons. The number of aromatic carboxylic acids is 1. The lowest BCUT2D eigenvalue weighted by Gasteiger charge is -2.00. The van der Waals surface area contributed by atoms with Gasteiger partial charge in [-0.15, -0.1) is 11.3 Å². The first kappa shape index (κ1) is 16.6. The second kappa shape index (κ2) is 6.99. The standard InChI is InChI=1S/C13H8ClN3O5S/c14-9-3-1-7(5-10(9)17(21)22)12(18)16-15-6-8-2-4-11(23-8)13(19)20/h1-6H,(H,16,18)(H,19,20). The van der Waals surface area contributed by atoms with Crippen LogP contribution in [0.15, 0.2) is 35.4 Å². The summed E-state index contributed by atoms with van der Waals surface area (Å²) in [4.78, 5) is 33.3. The maximum absolute atomic E-state index is 11.9. The highest BCUT2D eigenvalue weighted by Crippen LogP contribution is 2.25. The van der Waals surface area contributed by atoms with Crippen molar-refractivity contribution >= 4 is 46.7 Å². The predicted molar refractivity (Wildman–Crippen MR) is 84.4 cm³/mol. The zero-order chi connectivity index (χ0) is 17.0. The minimum atomic E-state index is -1.05.